The van der Waals surface area contributed by atoms with Crippen molar-refractivity contribution in [2.75, 3.05) is 32.9 Å². The Morgan fingerprint density at radius 2 is 1.95 bits per heavy atom. The van der Waals surface area contributed by atoms with Gasteiger partial charge in [0.25, 0.3) is 0 Å². The molecule has 1 heterocycles. The van der Waals surface area contributed by atoms with Gasteiger partial charge in [-0.15, -0.1) is 0 Å². The molecule has 5 nitrogen and oxygen atoms in total. The lowest BCUT2D eigenvalue weighted by atomic mass is 9.79. The Balaban J connectivity index is 1.65. The van der Waals surface area contributed by atoms with Crippen LogP contribution in [0.25, 0.3) is 0 Å². The Labute approximate surface area is 121 Å². The van der Waals surface area contributed by atoms with Crippen LogP contribution in [0.5, 0.6) is 0 Å². The first-order chi connectivity index (χ1) is 9.77. The van der Waals surface area contributed by atoms with E-state index in [9.17, 15) is 4.79 Å². The van der Waals surface area contributed by atoms with E-state index < -0.39 is 5.41 Å². The van der Waals surface area contributed by atoms with E-state index in [1.54, 1.807) is 0 Å². The van der Waals surface area contributed by atoms with Crippen LogP contribution in [-0.2, 0) is 14.3 Å². The maximum Gasteiger partial charge on any atom is 0.227 e. The van der Waals surface area contributed by atoms with Crippen molar-refractivity contribution in [1.82, 2.24) is 5.32 Å². The Bertz CT molecular complexity index is 297. The predicted molar refractivity (Wildman–Crippen MR) is 77.4 cm³/mol. The second-order valence-corrected chi connectivity index (χ2v) is 5.98. The second kappa shape index (κ2) is 7.96. The van der Waals surface area contributed by atoms with Gasteiger partial charge in [0.2, 0.25) is 5.91 Å². The third-order valence-corrected chi connectivity index (χ3v) is 4.62. The number of ether oxygens (including phenoxy) is 2. The lowest BCUT2D eigenvalue weighted by Gasteiger charge is -2.34. The van der Waals surface area contributed by atoms with Gasteiger partial charge in [0.05, 0.1) is 18.1 Å². The fourth-order valence-electron chi connectivity index (χ4n) is 3.10. The third-order valence-electron chi connectivity index (χ3n) is 4.62. The van der Waals surface area contributed by atoms with Crippen LogP contribution in [0, 0.1) is 5.41 Å². The van der Waals surface area contributed by atoms with E-state index in [0.717, 1.165) is 25.7 Å². The molecule has 2 rings (SSSR count). The van der Waals surface area contributed by atoms with Crippen LogP contribution >= 0.6 is 0 Å². The molecule has 0 unspecified atom stereocenters. The predicted octanol–water partition coefficient (Wildman–Crippen LogP) is 1.21. The van der Waals surface area contributed by atoms with Crippen molar-refractivity contribution >= 4 is 5.91 Å². The van der Waals surface area contributed by atoms with Crippen LogP contribution in [0.2, 0.25) is 0 Å². The normalized spacial score (nSPS) is 23.4. The van der Waals surface area contributed by atoms with Crippen molar-refractivity contribution in [3.8, 4) is 0 Å². The molecule has 1 saturated heterocycles. The van der Waals surface area contributed by atoms with Crippen molar-refractivity contribution < 1.29 is 14.3 Å². The summed E-state index contributed by atoms with van der Waals surface area (Å²) in [6.45, 7) is 2.84. The number of nitrogens with two attached hydrogens (primary N) is 1. The summed E-state index contributed by atoms with van der Waals surface area (Å²) in [5.74, 6) is 0.0653. The van der Waals surface area contributed by atoms with Crippen LogP contribution in [-0.4, -0.2) is 44.9 Å². The number of amides is 1. The van der Waals surface area contributed by atoms with E-state index in [1.165, 1.54) is 19.3 Å². The number of rotatable bonds is 6. The molecule has 0 spiro atoms. The minimum Gasteiger partial charge on any atom is -0.381 e. The van der Waals surface area contributed by atoms with E-state index >= 15 is 0 Å². The minimum atomic E-state index is -0.427. The molecular formula is C15H28N2O3. The Morgan fingerprint density at radius 3 is 2.60 bits per heavy atom. The lowest BCUT2D eigenvalue weighted by molar-refractivity contribution is -0.136. The van der Waals surface area contributed by atoms with Crippen LogP contribution in [0.4, 0.5) is 0 Å². The molecular weight excluding hydrogens is 256 g/mol. The van der Waals surface area contributed by atoms with Gasteiger partial charge in [-0.25, -0.2) is 0 Å². The fourth-order valence-corrected chi connectivity index (χ4v) is 3.10. The van der Waals surface area contributed by atoms with Crippen LogP contribution < -0.4 is 11.1 Å². The first-order valence-electron chi connectivity index (χ1n) is 7.94. The number of hydrogen-bond donors (Lipinski definition) is 2. The van der Waals surface area contributed by atoms with Gasteiger partial charge in [0.15, 0.2) is 0 Å². The monoisotopic (exact) mass is 284 g/mol. The first-order valence-corrected chi connectivity index (χ1v) is 7.94. The van der Waals surface area contributed by atoms with E-state index in [0.29, 0.717) is 39.0 Å². The molecule has 0 aromatic carbocycles. The number of hydrogen-bond acceptors (Lipinski definition) is 4. The second-order valence-electron chi connectivity index (χ2n) is 5.98. The quantitative estimate of drug-likeness (QED) is 0.719. The summed E-state index contributed by atoms with van der Waals surface area (Å²) < 4.78 is 11.1. The molecule has 0 radical (unpaired) electrons. The standard InChI is InChI=1S/C15H28N2O3/c16-12-15(6-9-19-10-7-15)14(18)17-8-11-20-13-4-2-1-3-5-13/h13H,1-12,16H2,(H,17,18). The molecule has 20 heavy (non-hydrogen) atoms. The molecule has 5 heteroatoms. The zero-order chi connectivity index (χ0) is 14.3. The summed E-state index contributed by atoms with van der Waals surface area (Å²) in [7, 11) is 0. The molecule has 0 bridgehead atoms. The largest absolute Gasteiger partial charge is 0.381 e. The molecule has 2 fully saturated rings. The maximum atomic E-state index is 12.3. The Kier molecular flexibility index (Phi) is 6.26. The topological polar surface area (TPSA) is 73.6 Å². The van der Waals surface area contributed by atoms with Crippen LogP contribution in [0.1, 0.15) is 44.9 Å². The maximum absolute atomic E-state index is 12.3. The van der Waals surface area contributed by atoms with E-state index in [1.807, 2.05) is 0 Å². The van der Waals surface area contributed by atoms with Crippen molar-refractivity contribution in [1.29, 1.82) is 0 Å². The minimum absolute atomic E-state index is 0.0653. The number of carbonyl (C=O) groups excluding carboxylic acids is 1. The third kappa shape index (κ3) is 4.17. The summed E-state index contributed by atoms with van der Waals surface area (Å²) in [5.41, 5.74) is 5.39. The van der Waals surface area contributed by atoms with E-state index in [4.69, 9.17) is 15.2 Å². The number of carbonyl (C=O) groups is 1. The van der Waals surface area contributed by atoms with E-state index in [2.05, 4.69) is 5.32 Å². The molecule has 1 aliphatic carbocycles. The van der Waals surface area contributed by atoms with Gasteiger partial charge >= 0.3 is 0 Å². The molecule has 0 atom stereocenters. The Morgan fingerprint density at radius 1 is 1.25 bits per heavy atom. The van der Waals surface area contributed by atoms with Crippen molar-refractivity contribution in [2.45, 2.75) is 51.0 Å². The molecule has 1 saturated carbocycles. The molecule has 0 aromatic heterocycles. The zero-order valence-corrected chi connectivity index (χ0v) is 12.4. The summed E-state index contributed by atoms with van der Waals surface area (Å²) in [6, 6.07) is 0. The number of nitrogens with one attached hydrogen (secondary N) is 1. The van der Waals surface area contributed by atoms with Gasteiger partial charge in [0, 0.05) is 26.3 Å². The SMILES string of the molecule is NCC1(C(=O)NCCOC2CCCCC2)CCOCC1. The lowest BCUT2D eigenvalue weighted by Crippen LogP contribution is -2.49. The van der Waals surface area contributed by atoms with Crippen molar-refractivity contribution in [2.24, 2.45) is 11.1 Å². The molecule has 0 aromatic rings. The van der Waals surface area contributed by atoms with Gasteiger partial charge < -0.3 is 20.5 Å². The van der Waals surface area contributed by atoms with E-state index in [-0.39, 0.29) is 5.91 Å². The molecule has 2 aliphatic rings. The van der Waals surface area contributed by atoms with Gasteiger partial charge in [-0.3, -0.25) is 4.79 Å². The fraction of sp³-hybridized carbons (Fsp3) is 0.933. The highest BCUT2D eigenvalue weighted by Crippen LogP contribution is 2.29. The van der Waals surface area contributed by atoms with Gasteiger partial charge in [-0.1, -0.05) is 19.3 Å². The van der Waals surface area contributed by atoms with Gasteiger partial charge in [0.1, 0.15) is 0 Å². The summed E-state index contributed by atoms with van der Waals surface area (Å²) in [4.78, 5) is 12.3. The molecule has 1 aliphatic heterocycles. The van der Waals surface area contributed by atoms with Gasteiger partial charge in [-0.05, 0) is 25.7 Å². The average molecular weight is 284 g/mol. The highest BCUT2D eigenvalue weighted by molar-refractivity contribution is 5.83. The smallest absolute Gasteiger partial charge is 0.227 e. The van der Waals surface area contributed by atoms with Crippen molar-refractivity contribution in [3.05, 3.63) is 0 Å². The summed E-state index contributed by atoms with van der Waals surface area (Å²) in [5, 5.41) is 2.98. The molecule has 1 amide bonds. The van der Waals surface area contributed by atoms with Gasteiger partial charge in [-0.2, -0.15) is 0 Å². The molecule has 3 N–H and O–H groups in total. The Hall–Kier alpha value is -0.650. The van der Waals surface area contributed by atoms with Crippen LogP contribution in [0.15, 0.2) is 0 Å². The highest BCUT2D eigenvalue weighted by Gasteiger charge is 2.38. The van der Waals surface area contributed by atoms with Crippen LogP contribution in [0.3, 0.4) is 0 Å². The zero-order valence-electron chi connectivity index (χ0n) is 12.4. The average Bonchev–Trinajstić information content (AvgIpc) is 2.53. The summed E-state index contributed by atoms with van der Waals surface area (Å²) >= 11 is 0. The first kappa shape index (κ1) is 15.7. The highest BCUT2D eigenvalue weighted by atomic mass is 16.5. The van der Waals surface area contributed by atoms with Crippen molar-refractivity contribution in [3.63, 3.8) is 0 Å². The molecule has 116 valence electrons. The summed E-state index contributed by atoms with van der Waals surface area (Å²) in [6.07, 6.45) is 8.04.